The molecule has 3 heteroatoms. The monoisotopic (exact) mass is 187 g/mol. The number of rotatable bonds is 8. The summed E-state index contributed by atoms with van der Waals surface area (Å²) in [6.45, 7) is 7.26. The van der Waals surface area contributed by atoms with E-state index in [1.807, 2.05) is 19.1 Å². The normalized spacial score (nSPS) is 13.8. The van der Waals surface area contributed by atoms with Crippen molar-refractivity contribution >= 4 is 0 Å². The van der Waals surface area contributed by atoms with Crippen LogP contribution in [0.15, 0.2) is 12.2 Å². The summed E-state index contributed by atoms with van der Waals surface area (Å²) in [6.07, 6.45) is 4.25. The van der Waals surface area contributed by atoms with Crippen molar-refractivity contribution in [3.63, 3.8) is 0 Å². The number of allylic oxidation sites excluding steroid dienone is 1. The van der Waals surface area contributed by atoms with Crippen LogP contribution in [-0.2, 0) is 9.47 Å². The summed E-state index contributed by atoms with van der Waals surface area (Å²) in [7, 11) is 1.70. The first-order chi connectivity index (χ1) is 6.31. The highest BCUT2D eigenvalue weighted by atomic mass is 16.5. The van der Waals surface area contributed by atoms with Gasteiger partial charge in [-0.25, -0.2) is 0 Å². The maximum Gasteiger partial charge on any atom is 0.0675 e. The van der Waals surface area contributed by atoms with Gasteiger partial charge < -0.3 is 14.8 Å². The molecule has 1 unspecified atom stereocenters. The van der Waals surface area contributed by atoms with Crippen LogP contribution in [0.1, 0.15) is 13.8 Å². The molecule has 0 heterocycles. The summed E-state index contributed by atoms with van der Waals surface area (Å²) in [4.78, 5) is 0. The van der Waals surface area contributed by atoms with Crippen LogP contribution >= 0.6 is 0 Å². The highest BCUT2D eigenvalue weighted by Gasteiger charge is 1.98. The van der Waals surface area contributed by atoms with Gasteiger partial charge in [-0.15, -0.1) is 0 Å². The van der Waals surface area contributed by atoms with Crippen LogP contribution in [0.5, 0.6) is 0 Å². The van der Waals surface area contributed by atoms with E-state index in [1.165, 1.54) is 0 Å². The summed E-state index contributed by atoms with van der Waals surface area (Å²) in [5, 5.41) is 3.24. The van der Waals surface area contributed by atoms with Crippen LogP contribution in [0.3, 0.4) is 0 Å². The van der Waals surface area contributed by atoms with Gasteiger partial charge in [0.25, 0.3) is 0 Å². The molecule has 0 radical (unpaired) electrons. The highest BCUT2D eigenvalue weighted by Crippen LogP contribution is 1.88. The molecule has 78 valence electrons. The fourth-order valence-corrected chi connectivity index (χ4v) is 0.855. The largest absolute Gasteiger partial charge is 0.383 e. The zero-order chi connectivity index (χ0) is 9.94. The minimum absolute atomic E-state index is 0.257. The third-order valence-corrected chi connectivity index (χ3v) is 1.63. The van der Waals surface area contributed by atoms with E-state index >= 15 is 0 Å². The van der Waals surface area contributed by atoms with Gasteiger partial charge in [-0.1, -0.05) is 12.2 Å². The molecule has 0 aliphatic heterocycles. The third-order valence-electron chi connectivity index (χ3n) is 1.63. The lowest BCUT2D eigenvalue weighted by molar-refractivity contribution is 0.0857. The number of methoxy groups -OCH3 is 1. The lowest BCUT2D eigenvalue weighted by Gasteiger charge is -2.12. The van der Waals surface area contributed by atoms with Crippen LogP contribution in [0.25, 0.3) is 0 Å². The Labute approximate surface area is 81.1 Å². The van der Waals surface area contributed by atoms with Gasteiger partial charge in [0.15, 0.2) is 0 Å². The van der Waals surface area contributed by atoms with Crippen LogP contribution in [0.2, 0.25) is 0 Å². The van der Waals surface area contributed by atoms with Crippen molar-refractivity contribution in [3.05, 3.63) is 12.2 Å². The summed E-state index contributed by atoms with van der Waals surface area (Å²) >= 11 is 0. The predicted octanol–water partition coefficient (Wildman–Crippen LogP) is 1.20. The molecule has 0 amide bonds. The quantitative estimate of drug-likeness (QED) is 0.457. The van der Waals surface area contributed by atoms with Gasteiger partial charge >= 0.3 is 0 Å². The molecule has 3 nitrogen and oxygen atoms in total. The first kappa shape index (κ1) is 12.6. The van der Waals surface area contributed by atoms with Crippen molar-refractivity contribution in [2.24, 2.45) is 0 Å². The van der Waals surface area contributed by atoms with Gasteiger partial charge in [0.1, 0.15) is 0 Å². The Kier molecular flexibility index (Phi) is 9.42. The average molecular weight is 187 g/mol. The Morgan fingerprint density at radius 2 is 2.23 bits per heavy atom. The molecule has 0 aromatic heterocycles. The van der Waals surface area contributed by atoms with E-state index < -0.39 is 0 Å². The standard InChI is InChI=1S/C10H21NO2/c1-4-5-7-13-10(2)9-11-6-8-12-3/h4-5,10-11H,6-9H2,1-3H3. The molecule has 0 aliphatic rings. The minimum atomic E-state index is 0.257. The fourth-order valence-electron chi connectivity index (χ4n) is 0.855. The van der Waals surface area contributed by atoms with Crippen LogP contribution in [0.4, 0.5) is 0 Å². The van der Waals surface area contributed by atoms with Crippen molar-refractivity contribution in [3.8, 4) is 0 Å². The molecular weight excluding hydrogens is 166 g/mol. The van der Waals surface area contributed by atoms with Crippen molar-refractivity contribution < 1.29 is 9.47 Å². The van der Waals surface area contributed by atoms with Gasteiger partial charge in [-0.05, 0) is 13.8 Å². The predicted molar refractivity (Wildman–Crippen MR) is 55.0 cm³/mol. The van der Waals surface area contributed by atoms with Crippen LogP contribution < -0.4 is 5.32 Å². The zero-order valence-electron chi connectivity index (χ0n) is 8.88. The Morgan fingerprint density at radius 1 is 1.46 bits per heavy atom. The lowest BCUT2D eigenvalue weighted by Crippen LogP contribution is -2.29. The van der Waals surface area contributed by atoms with Gasteiger partial charge in [-0.2, -0.15) is 0 Å². The van der Waals surface area contributed by atoms with E-state index in [-0.39, 0.29) is 6.10 Å². The van der Waals surface area contributed by atoms with Gasteiger partial charge in [0.05, 0.1) is 19.3 Å². The fraction of sp³-hybridized carbons (Fsp3) is 0.800. The molecule has 1 N–H and O–H groups in total. The second kappa shape index (κ2) is 9.71. The summed E-state index contributed by atoms with van der Waals surface area (Å²) < 4.78 is 10.4. The molecule has 1 atom stereocenters. The Hall–Kier alpha value is -0.380. The highest BCUT2D eigenvalue weighted by molar-refractivity contribution is 4.76. The molecule has 0 aromatic carbocycles. The number of hydrogen-bond acceptors (Lipinski definition) is 3. The first-order valence-electron chi connectivity index (χ1n) is 4.73. The average Bonchev–Trinajstić information content (AvgIpc) is 2.13. The molecular formula is C10H21NO2. The topological polar surface area (TPSA) is 30.5 Å². The maximum atomic E-state index is 5.47. The van der Waals surface area contributed by atoms with E-state index in [1.54, 1.807) is 7.11 Å². The van der Waals surface area contributed by atoms with Gasteiger partial charge in [-0.3, -0.25) is 0 Å². The van der Waals surface area contributed by atoms with Crippen LogP contribution in [0, 0.1) is 0 Å². The number of ether oxygens (including phenoxy) is 2. The van der Waals surface area contributed by atoms with E-state index in [0.717, 1.165) is 19.7 Å². The Balaban J connectivity index is 3.14. The van der Waals surface area contributed by atoms with E-state index in [2.05, 4.69) is 12.2 Å². The second-order valence-electron chi connectivity index (χ2n) is 2.91. The van der Waals surface area contributed by atoms with E-state index in [0.29, 0.717) is 6.61 Å². The summed E-state index contributed by atoms with van der Waals surface area (Å²) in [5.41, 5.74) is 0. The van der Waals surface area contributed by atoms with Crippen LogP contribution in [-0.4, -0.2) is 39.5 Å². The molecule has 0 fully saturated rings. The van der Waals surface area contributed by atoms with Crippen molar-refractivity contribution in [2.45, 2.75) is 20.0 Å². The summed E-state index contributed by atoms with van der Waals surface area (Å²) in [6, 6.07) is 0. The zero-order valence-corrected chi connectivity index (χ0v) is 8.88. The van der Waals surface area contributed by atoms with Crippen molar-refractivity contribution in [2.75, 3.05) is 33.4 Å². The number of hydrogen-bond donors (Lipinski definition) is 1. The van der Waals surface area contributed by atoms with E-state index in [9.17, 15) is 0 Å². The second-order valence-corrected chi connectivity index (χ2v) is 2.91. The SMILES string of the molecule is CC=CCOC(C)CNCCOC. The van der Waals surface area contributed by atoms with E-state index in [4.69, 9.17) is 9.47 Å². The summed E-state index contributed by atoms with van der Waals surface area (Å²) in [5.74, 6) is 0. The third kappa shape index (κ3) is 9.53. The minimum Gasteiger partial charge on any atom is -0.383 e. The van der Waals surface area contributed by atoms with Gasteiger partial charge in [0, 0.05) is 20.2 Å². The first-order valence-corrected chi connectivity index (χ1v) is 4.73. The molecule has 0 aromatic rings. The Bertz CT molecular complexity index is 126. The molecule has 13 heavy (non-hydrogen) atoms. The van der Waals surface area contributed by atoms with Crippen molar-refractivity contribution in [1.82, 2.24) is 5.32 Å². The molecule has 0 rings (SSSR count). The molecule has 0 spiro atoms. The molecule has 0 saturated heterocycles. The molecule has 0 bridgehead atoms. The number of nitrogens with one attached hydrogen (secondary N) is 1. The van der Waals surface area contributed by atoms with Gasteiger partial charge in [0.2, 0.25) is 0 Å². The maximum absolute atomic E-state index is 5.47. The Morgan fingerprint density at radius 3 is 2.85 bits per heavy atom. The smallest absolute Gasteiger partial charge is 0.0675 e. The molecule has 0 aliphatic carbocycles. The molecule has 0 saturated carbocycles. The van der Waals surface area contributed by atoms with Crippen molar-refractivity contribution in [1.29, 1.82) is 0 Å². The lowest BCUT2D eigenvalue weighted by atomic mass is 10.4.